The first-order valence-electron chi connectivity index (χ1n) is 4.24. The van der Waals surface area contributed by atoms with Gasteiger partial charge in [-0.15, -0.1) is 0 Å². The molecule has 4 heteroatoms. The van der Waals surface area contributed by atoms with E-state index in [4.69, 9.17) is 0 Å². The molecular weight excluding hydrogens is 182 g/mol. The number of hydrogen-bond acceptors (Lipinski definition) is 4. The van der Waals surface area contributed by atoms with Crippen molar-refractivity contribution in [1.29, 1.82) is 0 Å². The second kappa shape index (κ2) is 3.79. The summed E-state index contributed by atoms with van der Waals surface area (Å²) in [5, 5.41) is 4.74. The van der Waals surface area contributed by atoms with Gasteiger partial charge >= 0.3 is 0 Å². The van der Waals surface area contributed by atoms with Gasteiger partial charge in [0.25, 0.3) is 0 Å². The van der Waals surface area contributed by atoms with E-state index in [2.05, 4.69) is 22.2 Å². The fraction of sp³-hybridized carbons (Fsp3) is 0.333. The number of hydrogen-bond donors (Lipinski definition) is 1. The second-order valence-electron chi connectivity index (χ2n) is 2.91. The summed E-state index contributed by atoms with van der Waals surface area (Å²) in [7, 11) is 0. The van der Waals surface area contributed by atoms with Gasteiger partial charge in [0.15, 0.2) is 5.17 Å². The van der Waals surface area contributed by atoms with E-state index in [0.717, 1.165) is 17.5 Å². The van der Waals surface area contributed by atoms with Gasteiger partial charge < -0.3 is 5.32 Å². The summed E-state index contributed by atoms with van der Waals surface area (Å²) in [5.41, 5.74) is 0. The van der Waals surface area contributed by atoms with Crippen molar-refractivity contribution in [3.05, 3.63) is 24.4 Å². The lowest BCUT2D eigenvalue weighted by Gasteiger charge is -2.03. The molecular formula is C9H11N3S. The minimum Gasteiger partial charge on any atom is -0.320 e. The lowest BCUT2D eigenvalue weighted by Crippen LogP contribution is -2.06. The summed E-state index contributed by atoms with van der Waals surface area (Å²) >= 11 is 1.76. The smallest absolute Gasteiger partial charge is 0.162 e. The number of rotatable bonds is 1. The standard InChI is InChI=1S/C9H11N3S/c1-7-6-11-9(13-7)12-8-4-2-3-5-10-8/h2-5,7H,6H2,1H3,(H,10,11,12). The minimum absolute atomic E-state index is 0.589. The molecule has 0 aliphatic carbocycles. The number of aromatic nitrogens is 1. The van der Waals surface area contributed by atoms with E-state index in [0.29, 0.717) is 5.25 Å². The second-order valence-corrected chi connectivity index (χ2v) is 4.34. The van der Waals surface area contributed by atoms with Gasteiger partial charge in [-0.3, -0.25) is 4.99 Å². The van der Waals surface area contributed by atoms with E-state index >= 15 is 0 Å². The molecule has 0 spiro atoms. The number of aliphatic imine (C=N–C) groups is 1. The molecule has 1 aromatic rings. The average molecular weight is 193 g/mol. The zero-order valence-corrected chi connectivity index (χ0v) is 8.21. The number of thioether (sulfide) groups is 1. The van der Waals surface area contributed by atoms with E-state index in [1.165, 1.54) is 0 Å². The van der Waals surface area contributed by atoms with Crippen molar-refractivity contribution in [2.75, 3.05) is 11.9 Å². The van der Waals surface area contributed by atoms with Gasteiger partial charge in [-0.25, -0.2) is 4.98 Å². The molecule has 1 aromatic heterocycles. The van der Waals surface area contributed by atoms with Crippen LogP contribution in [0, 0.1) is 0 Å². The van der Waals surface area contributed by atoms with Gasteiger partial charge in [0.05, 0.1) is 6.54 Å². The van der Waals surface area contributed by atoms with Crippen LogP contribution >= 0.6 is 11.8 Å². The molecule has 0 bridgehead atoms. The van der Waals surface area contributed by atoms with E-state index in [9.17, 15) is 0 Å². The number of anilines is 1. The third-order valence-electron chi connectivity index (χ3n) is 1.70. The van der Waals surface area contributed by atoms with Crippen LogP contribution in [0.25, 0.3) is 0 Å². The minimum atomic E-state index is 0.589. The largest absolute Gasteiger partial charge is 0.320 e. The Bertz CT molecular complexity index is 310. The highest BCUT2D eigenvalue weighted by molar-refractivity contribution is 8.15. The number of pyridine rings is 1. The summed E-state index contributed by atoms with van der Waals surface area (Å²) in [5.74, 6) is 0.864. The van der Waals surface area contributed by atoms with E-state index in [1.807, 2.05) is 18.2 Å². The van der Waals surface area contributed by atoms with Crippen molar-refractivity contribution in [3.8, 4) is 0 Å². The Balaban J connectivity index is 2.00. The third kappa shape index (κ3) is 2.21. The Morgan fingerprint density at radius 3 is 3.08 bits per heavy atom. The van der Waals surface area contributed by atoms with Crippen molar-refractivity contribution < 1.29 is 0 Å². The molecule has 0 fully saturated rings. The molecule has 0 saturated heterocycles. The molecule has 2 heterocycles. The van der Waals surface area contributed by atoms with Gasteiger partial charge in [-0.1, -0.05) is 24.8 Å². The predicted octanol–water partition coefficient (Wildman–Crippen LogP) is 1.98. The summed E-state index contributed by atoms with van der Waals surface area (Å²) in [6, 6.07) is 5.79. The van der Waals surface area contributed by atoms with E-state index in [-0.39, 0.29) is 0 Å². The van der Waals surface area contributed by atoms with Crippen LogP contribution < -0.4 is 5.32 Å². The molecule has 2 rings (SSSR count). The first kappa shape index (κ1) is 8.56. The first-order valence-corrected chi connectivity index (χ1v) is 5.12. The Labute approximate surface area is 81.7 Å². The van der Waals surface area contributed by atoms with Gasteiger partial charge in [-0.2, -0.15) is 0 Å². The maximum absolute atomic E-state index is 4.34. The highest BCUT2D eigenvalue weighted by Crippen LogP contribution is 2.20. The molecule has 1 aliphatic rings. The van der Waals surface area contributed by atoms with Crippen LogP contribution in [-0.2, 0) is 0 Å². The van der Waals surface area contributed by atoms with Gasteiger partial charge in [0.2, 0.25) is 0 Å². The first-order chi connectivity index (χ1) is 6.34. The van der Waals surface area contributed by atoms with Gasteiger partial charge in [0.1, 0.15) is 5.82 Å². The Kier molecular flexibility index (Phi) is 2.49. The molecule has 3 nitrogen and oxygen atoms in total. The van der Waals surface area contributed by atoms with Gasteiger partial charge in [0, 0.05) is 11.4 Å². The summed E-state index contributed by atoms with van der Waals surface area (Å²) < 4.78 is 0. The SMILES string of the molecule is CC1CN=C(Nc2ccccn2)S1. The molecule has 1 unspecified atom stereocenters. The maximum Gasteiger partial charge on any atom is 0.162 e. The van der Waals surface area contributed by atoms with Gasteiger partial charge in [-0.05, 0) is 12.1 Å². The average Bonchev–Trinajstić information content (AvgIpc) is 2.53. The highest BCUT2D eigenvalue weighted by Gasteiger charge is 2.14. The lowest BCUT2D eigenvalue weighted by atomic mass is 10.5. The van der Waals surface area contributed by atoms with Crippen LogP contribution in [0.5, 0.6) is 0 Å². The summed E-state index contributed by atoms with van der Waals surface area (Å²) in [6.45, 7) is 3.07. The van der Waals surface area contributed by atoms with Crippen molar-refractivity contribution >= 4 is 22.7 Å². The molecule has 1 N–H and O–H groups in total. The Morgan fingerprint density at radius 2 is 2.46 bits per heavy atom. The maximum atomic E-state index is 4.34. The van der Waals surface area contributed by atoms with Crippen LogP contribution in [-0.4, -0.2) is 21.9 Å². The van der Waals surface area contributed by atoms with Crippen molar-refractivity contribution in [1.82, 2.24) is 4.98 Å². The fourth-order valence-corrected chi connectivity index (χ4v) is 1.93. The molecule has 0 amide bonds. The Morgan fingerprint density at radius 1 is 1.54 bits per heavy atom. The number of nitrogens with one attached hydrogen (secondary N) is 1. The van der Waals surface area contributed by atoms with E-state index in [1.54, 1.807) is 18.0 Å². The van der Waals surface area contributed by atoms with E-state index < -0.39 is 0 Å². The molecule has 0 aromatic carbocycles. The normalized spacial score (nSPS) is 21.3. The summed E-state index contributed by atoms with van der Waals surface area (Å²) in [4.78, 5) is 8.50. The highest BCUT2D eigenvalue weighted by atomic mass is 32.2. The number of nitrogens with zero attached hydrogens (tertiary/aromatic N) is 2. The monoisotopic (exact) mass is 193 g/mol. The molecule has 0 saturated carbocycles. The molecule has 68 valence electrons. The molecule has 1 aliphatic heterocycles. The Hall–Kier alpha value is -1.03. The van der Waals surface area contributed by atoms with Crippen molar-refractivity contribution in [2.45, 2.75) is 12.2 Å². The molecule has 0 radical (unpaired) electrons. The summed E-state index contributed by atoms with van der Waals surface area (Å²) in [6.07, 6.45) is 1.77. The van der Waals surface area contributed by atoms with Crippen molar-refractivity contribution in [2.24, 2.45) is 4.99 Å². The van der Waals surface area contributed by atoms with Crippen molar-refractivity contribution in [3.63, 3.8) is 0 Å². The van der Waals surface area contributed by atoms with Crippen LogP contribution in [0.2, 0.25) is 0 Å². The third-order valence-corrected chi connectivity index (χ3v) is 2.71. The van der Waals surface area contributed by atoms with Crippen LogP contribution in [0.15, 0.2) is 29.4 Å². The topological polar surface area (TPSA) is 37.3 Å². The molecule has 13 heavy (non-hydrogen) atoms. The lowest BCUT2D eigenvalue weighted by molar-refractivity contribution is 0.976. The fourth-order valence-electron chi connectivity index (χ4n) is 1.09. The predicted molar refractivity (Wildman–Crippen MR) is 57.2 cm³/mol. The van der Waals surface area contributed by atoms with Crippen LogP contribution in [0.3, 0.4) is 0 Å². The number of amidine groups is 1. The zero-order chi connectivity index (χ0) is 9.10. The quantitative estimate of drug-likeness (QED) is 0.741. The molecule has 1 atom stereocenters. The zero-order valence-electron chi connectivity index (χ0n) is 7.40. The van der Waals surface area contributed by atoms with Crippen LogP contribution in [0.1, 0.15) is 6.92 Å². The van der Waals surface area contributed by atoms with Crippen LogP contribution in [0.4, 0.5) is 5.82 Å².